The van der Waals surface area contributed by atoms with Gasteiger partial charge in [-0.1, -0.05) is 23.4 Å². The fourth-order valence-electron chi connectivity index (χ4n) is 1.94. The number of rotatable bonds is 3. The molecule has 0 amide bonds. The Bertz CT molecular complexity index is 786. The molecule has 1 aromatic heterocycles. The summed E-state index contributed by atoms with van der Waals surface area (Å²) in [5.74, 6) is -1.31. The zero-order valence-electron chi connectivity index (χ0n) is 10.9. The first-order valence-corrected chi connectivity index (χ1v) is 6.25. The second-order valence-electron chi connectivity index (χ2n) is 4.52. The van der Waals surface area contributed by atoms with E-state index < -0.39 is 11.6 Å². The Balaban J connectivity index is 1.86. The maximum Gasteiger partial charge on any atom is 0.231 e. The first kappa shape index (κ1) is 13.2. The van der Waals surface area contributed by atoms with Crippen LogP contribution in [0.2, 0.25) is 0 Å². The summed E-state index contributed by atoms with van der Waals surface area (Å²) in [5.41, 5.74) is 7.68. The fraction of sp³-hybridized carbons (Fsp3) is 0.0667. The summed E-state index contributed by atoms with van der Waals surface area (Å²) in [6.07, 6.45) is 0.378. The summed E-state index contributed by atoms with van der Waals surface area (Å²) in [7, 11) is 0. The first-order chi connectivity index (χ1) is 10.1. The highest BCUT2D eigenvalue weighted by molar-refractivity contribution is 5.54. The molecule has 0 saturated heterocycles. The summed E-state index contributed by atoms with van der Waals surface area (Å²) in [5, 5.41) is 3.77. The van der Waals surface area contributed by atoms with Crippen molar-refractivity contribution in [1.82, 2.24) is 10.1 Å². The molecule has 2 N–H and O–H groups in total. The Morgan fingerprint density at radius 2 is 1.86 bits per heavy atom. The van der Waals surface area contributed by atoms with Gasteiger partial charge in [-0.05, 0) is 29.8 Å². The Labute approximate surface area is 119 Å². The lowest BCUT2D eigenvalue weighted by atomic mass is 10.1. The minimum absolute atomic E-state index is 0.207. The van der Waals surface area contributed by atoms with Crippen LogP contribution in [-0.4, -0.2) is 10.1 Å². The molecule has 0 fully saturated rings. The number of aromatic nitrogens is 2. The first-order valence-electron chi connectivity index (χ1n) is 6.25. The number of hydrogen-bond donors (Lipinski definition) is 1. The van der Waals surface area contributed by atoms with Crippen LogP contribution in [0.5, 0.6) is 0 Å². The zero-order chi connectivity index (χ0) is 14.8. The van der Waals surface area contributed by atoms with Crippen LogP contribution < -0.4 is 5.73 Å². The van der Waals surface area contributed by atoms with Crippen LogP contribution in [-0.2, 0) is 6.42 Å². The summed E-state index contributed by atoms with van der Waals surface area (Å²) in [4.78, 5) is 4.17. The highest BCUT2D eigenvalue weighted by Crippen LogP contribution is 2.20. The number of hydrogen-bond acceptors (Lipinski definition) is 4. The van der Waals surface area contributed by atoms with Crippen LogP contribution in [0.3, 0.4) is 0 Å². The number of halogens is 2. The molecule has 0 atom stereocenters. The van der Waals surface area contributed by atoms with Crippen molar-refractivity contribution in [2.75, 3.05) is 5.73 Å². The lowest BCUT2D eigenvalue weighted by Crippen LogP contribution is -1.95. The molecule has 1 heterocycles. The number of nitrogens with zero attached hydrogens (tertiary/aromatic N) is 2. The molecule has 4 nitrogen and oxygen atoms in total. The molecule has 0 saturated carbocycles. The zero-order valence-corrected chi connectivity index (χ0v) is 10.9. The van der Waals surface area contributed by atoms with Crippen LogP contribution in [0, 0.1) is 11.6 Å². The Kier molecular flexibility index (Phi) is 3.35. The third-order valence-electron chi connectivity index (χ3n) is 3.04. The second kappa shape index (κ2) is 5.32. The Hall–Kier alpha value is -2.76. The summed E-state index contributed by atoms with van der Waals surface area (Å²) in [6.45, 7) is 0. The number of nitrogens with two attached hydrogens (primary N) is 1. The van der Waals surface area contributed by atoms with Crippen molar-refractivity contribution < 1.29 is 13.3 Å². The quantitative estimate of drug-likeness (QED) is 0.751. The van der Waals surface area contributed by atoms with E-state index in [4.69, 9.17) is 10.3 Å². The molecule has 3 aromatic rings. The molecule has 0 aliphatic heterocycles. The lowest BCUT2D eigenvalue weighted by molar-refractivity contribution is 0.386. The van der Waals surface area contributed by atoms with Crippen LogP contribution in [0.25, 0.3) is 11.4 Å². The second-order valence-corrected chi connectivity index (χ2v) is 4.52. The summed E-state index contributed by atoms with van der Waals surface area (Å²) in [6, 6.07) is 10.8. The van der Waals surface area contributed by atoms with E-state index in [1.165, 1.54) is 6.07 Å². The molecular weight excluding hydrogens is 276 g/mol. The number of nitrogen functional groups attached to an aromatic ring is 1. The van der Waals surface area contributed by atoms with E-state index in [0.29, 0.717) is 23.6 Å². The highest BCUT2D eigenvalue weighted by atomic mass is 19.2. The van der Waals surface area contributed by atoms with Gasteiger partial charge in [-0.2, -0.15) is 4.98 Å². The SMILES string of the molecule is Nc1ccccc1Cc1nc(-c2ccc(F)c(F)c2)no1. The van der Waals surface area contributed by atoms with E-state index in [0.717, 1.165) is 17.7 Å². The fourth-order valence-corrected chi connectivity index (χ4v) is 1.94. The van der Waals surface area contributed by atoms with E-state index in [1.807, 2.05) is 18.2 Å². The molecule has 6 heteroatoms. The van der Waals surface area contributed by atoms with Crippen molar-refractivity contribution in [2.24, 2.45) is 0 Å². The Morgan fingerprint density at radius 3 is 2.62 bits per heavy atom. The molecule has 0 spiro atoms. The van der Waals surface area contributed by atoms with Crippen LogP contribution >= 0.6 is 0 Å². The third kappa shape index (κ3) is 2.74. The minimum atomic E-state index is -0.953. The number of anilines is 1. The summed E-state index contributed by atoms with van der Waals surface area (Å²) >= 11 is 0. The molecule has 0 unspecified atom stereocenters. The molecular formula is C15H11F2N3O. The van der Waals surface area contributed by atoms with Crippen LogP contribution in [0.1, 0.15) is 11.5 Å². The van der Waals surface area contributed by atoms with Gasteiger partial charge in [0.1, 0.15) is 0 Å². The molecule has 0 aliphatic rings. The number of benzene rings is 2. The number of para-hydroxylation sites is 1. The van der Waals surface area contributed by atoms with Gasteiger partial charge in [-0.25, -0.2) is 8.78 Å². The largest absolute Gasteiger partial charge is 0.398 e. The monoisotopic (exact) mass is 287 g/mol. The van der Waals surface area contributed by atoms with Crippen molar-refractivity contribution in [3.8, 4) is 11.4 Å². The van der Waals surface area contributed by atoms with Crippen molar-refractivity contribution in [3.63, 3.8) is 0 Å². The topological polar surface area (TPSA) is 64.9 Å². The van der Waals surface area contributed by atoms with Crippen molar-refractivity contribution in [1.29, 1.82) is 0 Å². The molecule has 0 aliphatic carbocycles. The molecule has 3 rings (SSSR count). The van der Waals surface area contributed by atoms with Gasteiger partial charge in [0.05, 0.1) is 6.42 Å². The highest BCUT2D eigenvalue weighted by Gasteiger charge is 2.12. The van der Waals surface area contributed by atoms with Crippen molar-refractivity contribution in [2.45, 2.75) is 6.42 Å². The van der Waals surface area contributed by atoms with Gasteiger partial charge in [0.2, 0.25) is 11.7 Å². The van der Waals surface area contributed by atoms with Crippen LogP contribution in [0.4, 0.5) is 14.5 Å². The van der Waals surface area contributed by atoms with E-state index in [1.54, 1.807) is 6.07 Å². The summed E-state index contributed by atoms with van der Waals surface area (Å²) < 4.78 is 31.2. The van der Waals surface area contributed by atoms with Gasteiger partial charge in [0.25, 0.3) is 0 Å². The molecule has 21 heavy (non-hydrogen) atoms. The van der Waals surface area contributed by atoms with E-state index >= 15 is 0 Å². The molecule has 2 aromatic carbocycles. The van der Waals surface area contributed by atoms with E-state index in [2.05, 4.69) is 10.1 Å². The maximum atomic E-state index is 13.2. The van der Waals surface area contributed by atoms with E-state index in [9.17, 15) is 8.78 Å². The standard InChI is InChI=1S/C15H11F2N3O/c16-11-6-5-10(7-12(11)17)15-19-14(21-20-15)8-9-3-1-2-4-13(9)18/h1-7H,8,18H2. The average molecular weight is 287 g/mol. The predicted molar refractivity (Wildman–Crippen MR) is 73.3 cm³/mol. The Morgan fingerprint density at radius 1 is 1.05 bits per heavy atom. The normalized spacial score (nSPS) is 10.8. The van der Waals surface area contributed by atoms with Gasteiger partial charge in [-0.15, -0.1) is 0 Å². The molecule has 0 bridgehead atoms. The predicted octanol–water partition coefficient (Wildman–Crippen LogP) is 3.19. The average Bonchev–Trinajstić information content (AvgIpc) is 2.93. The maximum absolute atomic E-state index is 13.2. The van der Waals surface area contributed by atoms with Gasteiger partial charge >= 0.3 is 0 Å². The van der Waals surface area contributed by atoms with Gasteiger partial charge in [0, 0.05) is 11.3 Å². The van der Waals surface area contributed by atoms with E-state index in [-0.39, 0.29) is 5.82 Å². The third-order valence-corrected chi connectivity index (χ3v) is 3.04. The van der Waals surface area contributed by atoms with Crippen LogP contribution in [0.15, 0.2) is 47.0 Å². The van der Waals surface area contributed by atoms with Crippen molar-refractivity contribution >= 4 is 5.69 Å². The lowest BCUT2D eigenvalue weighted by Gasteiger charge is -2.00. The van der Waals surface area contributed by atoms with Gasteiger partial charge < -0.3 is 10.3 Å². The molecule has 106 valence electrons. The minimum Gasteiger partial charge on any atom is -0.398 e. The molecule has 0 radical (unpaired) electrons. The van der Waals surface area contributed by atoms with Crippen molar-refractivity contribution in [3.05, 3.63) is 65.6 Å². The van der Waals surface area contributed by atoms with Gasteiger partial charge in [0.15, 0.2) is 11.6 Å². The smallest absolute Gasteiger partial charge is 0.231 e. The van der Waals surface area contributed by atoms with Gasteiger partial charge in [-0.3, -0.25) is 0 Å².